The second-order valence-corrected chi connectivity index (χ2v) is 7.74. The Morgan fingerprint density at radius 2 is 1.96 bits per heavy atom. The lowest BCUT2D eigenvalue weighted by molar-refractivity contribution is 0.100. The maximum atomic E-state index is 11.7. The van der Waals surface area contributed by atoms with Crippen LogP contribution >= 0.6 is 0 Å². The molecule has 0 radical (unpaired) electrons. The summed E-state index contributed by atoms with van der Waals surface area (Å²) in [6, 6.07) is 16.7. The Labute approximate surface area is 164 Å². The lowest BCUT2D eigenvalue weighted by Crippen LogP contribution is -2.55. The van der Waals surface area contributed by atoms with E-state index in [9.17, 15) is 4.79 Å². The molecule has 0 unspecified atom stereocenters. The Kier molecular flexibility index (Phi) is 5.05. The normalized spacial score (nSPS) is 18.1. The van der Waals surface area contributed by atoms with Gasteiger partial charge in [0.1, 0.15) is 5.52 Å². The number of primary amides is 1. The molecule has 0 aliphatic carbocycles. The first-order chi connectivity index (χ1) is 13.5. The molecule has 1 aliphatic rings. The van der Waals surface area contributed by atoms with Crippen LogP contribution < -0.4 is 10.6 Å². The SMILES string of the molecule is CC(C)[C@H]1CN(Cc2ccccc2)CCN1c1nc2c(C(N)=O)cccc2o1. The average Bonchev–Trinajstić information content (AvgIpc) is 3.12. The number of hydrogen-bond acceptors (Lipinski definition) is 5. The van der Waals surface area contributed by atoms with Gasteiger partial charge in [0.2, 0.25) is 0 Å². The number of anilines is 1. The number of piperazine rings is 1. The fourth-order valence-corrected chi connectivity index (χ4v) is 3.92. The minimum atomic E-state index is -0.487. The summed E-state index contributed by atoms with van der Waals surface area (Å²) in [5.41, 5.74) is 8.36. The van der Waals surface area contributed by atoms with Gasteiger partial charge in [0.05, 0.1) is 5.56 Å². The van der Waals surface area contributed by atoms with Crippen LogP contribution in [0.2, 0.25) is 0 Å². The van der Waals surface area contributed by atoms with E-state index in [2.05, 4.69) is 52.9 Å². The standard InChI is InChI=1S/C22H26N4O2/c1-15(2)18-14-25(13-16-7-4-3-5-8-16)11-12-26(18)22-24-20-17(21(23)27)9-6-10-19(20)28-22/h3-10,15,18H,11-14H2,1-2H3,(H2,23,27)/t18-/m1/s1. The lowest BCUT2D eigenvalue weighted by atomic mass is 9.99. The lowest BCUT2D eigenvalue weighted by Gasteiger charge is -2.42. The minimum Gasteiger partial charge on any atom is -0.423 e. The van der Waals surface area contributed by atoms with Gasteiger partial charge in [0, 0.05) is 32.2 Å². The van der Waals surface area contributed by atoms with Gasteiger partial charge in [-0.2, -0.15) is 4.98 Å². The van der Waals surface area contributed by atoms with E-state index in [0.29, 0.717) is 28.6 Å². The largest absolute Gasteiger partial charge is 0.423 e. The molecule has 0 saturated carbocycles. The number of para-hydroxylation sites is 1. The zero-order chi connectivity index (χ0) is 19.7. The van der Waals surface area contributed by atoms with Crippen molar-refractivity contribution in [2.24, 2.45) is 11.7 Å². The van der Waals surface area contributed by atoms with E-state index in [1.54, 1.807) is 12.1 Å². The van der Waals surface area contributed by atoms with Crippen LogP contribution in [0.25, 0.3) is 11.1 Å². The molecule has 4 rings (SSSR count). The number of amides is 1. The number of carbonyl (C=O) groups excluding carboxylic acids is 1. The highest BCUT2D eigenvalue weighted by Gasteiger charge is 2.32. The summed E-state index contributed by atoms with van der Waals surface area (Å²) in [5, 5.41) is 0. The molecule has 1 fully saturated rings. The zero-order valence-corrected chi connectivity index (χ0v) is 16.3. The van der Waals surface area contributed by atoms with Crippen molar-refractivity contribution in [3.63, 3.8) is 0 Å². The Morgan fingerprint density at radius 3 is 2.68 bits per heavy atom. The van der Waals surface area contributed by atoms with Gasteiger partial charge in [-0.05, 0) is 23.6 Å². The van der Waals surface area contributed by atoms with E-state index in [4.69, 9.17) is 10.2 Å². The van der Waals surface area contributed by atoms with Gasteiger partial charge < -0.3 is 15.1 Å². The van der Waals surface area contributed by atoms with E-state index in [0.717, 1.165) is 26.2 Å². The van der Waals surface area contributed by atoms with Crippen molar-refractivity contribution in [2.75, 3.05) is 24.5 Å². The second-order valence-electron chi connectivity index (χ2n) is 7.74. The molecule has 6 nitrogen and oxygen atoms in total. The molecular formula is C22H26N4O2. The third-order valence-electron chi connectivity index (χ3n) is 5.44. The molecule has 6 heteroatoms. The van der Waals surface area contributed by atoms with E-state index in [-0.39, 0.29) is 6.04 Å². The number of nitrogens with zero attached hydrogens (tertiary/aromatic N) is 3. The molecule has 0 bridgehead atoms. The average molecular weight is 378 g/mol. The molecule has 1 atom stereocenters. The molecule has 1 aliphatic heterocycles. The topological polar surface area (TPSA) is 75.6 Å². The summed E-state index contributed by atoms with van der Waals surface area (Å²) in [6.07, 6.45) is 0. The highest BCUT2D eigenvalue weighted by Crippen LogP contribution is 2.29. The fourth-order valence-electron chi connectivity index (χ4n) is 3.92. The first kappa shape index (κ1) is 18.5. The number of aromatic nitrogens is 1. The van der Waals surface area contributed by atoms with Crippen molar-refractivity contribution in [1.29, 1.82) is 0 Å². The van der Waals surface area contributed by atoms with E-state index < -0.39 is 5.91 Å². The van der Waals surface area contributed by atoms with Crippen LogP contribution in [0.1, 0.15) is 29.8 Å². The summed E-state index contributed by atoms with van der Waals surface area (Å²) in [6.45, 7) is 8.08. The minimum absolute atomic E-state index is 0.280. The predicted octanol–water partition coefficient (Wildman–Crippen LogP) is 3.27. The third-order valence-corrected chi connectivity index (χ3v) is 5.44. The van der Waals surface area contributed by atoms with Gasteiger partial charge in [-0.1, -0.05) is 50.2 Å². The van der Waals surface area contributed by atoms with Crippen molar-refractivity contribution < 1.29 is 9.21 Å². The van der Waals surface area contributed by atoms with Crippen molar-refractivity contribution in [2.45, 2.75) is 26.4 Å². The van der Waals surface area contributed by atoms with E-state index in [1.807, 2.05) is 12.1 Å². The highest BCUT2D eigenvalue weighted by molar-refractivity contribution is 6.03. The summed E-state index contributed by atoms with van der Waals surface area (Å²) in [5.74, 6) is -0.0530. The number of hydrogen-bond donors (Lipinski definition) is 1. The van der Waals surface area contributed by atoms with Crippen molar-refractivity contribution in [3.05, 3.63) is 59.7 Å². The Morgan fingerprint density at radius 1 is 1.18 bits per heavy atom. The summed E-state index contributed by atoms with van der Waals surface area (Å²) in [4.78, 5) is 21.1. The summed E-state index contributed by atoms with van der Waals surface area (Å²) < 4.78 is 6.02. The molecule has 1 aromatic heterocycles. The Bertz CT molecular complexity index is 967. The molecular weight excluding hydrogens is 352 g/mol. The van der Waals surface area contributed by atoms with Gasteiger partial charge in [0.15, 0.2) is 5.58 Å². The van der Waals surface area contributed by atoms with Crippen LogP contribution in [0.4, 0.5) is 6.01 Å². The molecule has 2 aromatic carbocycles. The highest BCUT2D eigenvalue weighted by atomic mass is 16.4. The van der Waals surface area contributed by atoms with Gasteiger partial charge in [0.25, 0.3) is 11.9 Å². The summed E-state index contributed by atoms with van der Waals surface area (Å²) in [7, 11) is 0. The molecule has 0 spiro atoms. The van der Waals surface area contributed by atoms with Gasteiger partial charge >= 0.3 is 0 Å². The van der Waals surface area contributed by atoms with E-state index in [1.165, 1.54) is 5.56 Å². The van der Waals surface area contributed by atoms with Gasteiger partial charge in [-0.15, -0.1) is 0 Å². The molecule has 2 heterocycles. The first-order valence-corrected chi connectivity index (χ1v) is 9.75. The van der Waals surface area contributed by atoms with Crippen LogP contribution in [-0.2, 0) is 6.54 Å². The number of nitrogens with two attached hydrogens (primary N) is 1. The van der Waals surface area contributed by atoms with E-state index >= 15 is 0 Å². The zero-order valence-electron chi connectivity index (χ0n) is 16.3. The first-order valence-electron chi connectivity index (χ1n) is 9.75. The van der Waals surface area contributed by atoms with Crippen LogP contribution in [0.5, 0.6) is 0 Å². The molecule has 2 N–H and O–H groups in total. The fraction of sp³-hybridized carbons (Fsp3) is 0.364. The van der Waals surface area contributed by atoms with Crippen LogP contribution in [-0.4, -0.2) is 41.5 Å². The molecule has 28 heavy (non-hydrogen) atoms. The molecule has 1 saturated heterocycles. The Hall–Kier alpha value is -2.86. The van der Waals surface area contributed by atoms with Crippen LogP contribution in [0.3, 0.4) is 0 Å². The number of fused-ring (bicyclic) bond motifs is 1. The van der Waals surface area contributed by atoms with Crippen LogP contribution in [0, 0.1) is 5.92 Å². The number of oxazole rings is 1. The maximum Gasteiger partial charge on any atom is 0.298 e. The monoisotopic (exact) mass is 378 g/mol. The second kappa shape index (κ2) is 7.64. The van der Waals surface area contributed by atoms with Crippen molar-refractivity contribution in [1.82, 2.24) is 9.88 Å². The number of carbonyl (C=O) groups is 1. The molecule has 1 amide bonds. The molecule has 3 aromatic rings. The summed E-state index contributed by atoms with van der Waals surface area (Å²) >= 11 is 0. The van der Waals surface area contributed by atoms with Crippen LogP contribution in [0.15, 0.2) is 52.9 Å². The van der Waals surface area contributed by atoms with Gasteiger partial charge in [-0.3, -0.25) is 9.69 Å². The predicted molar refractivity (Wildman–Crippen MR) is 110 cm³/mol. The van der Waals surface area contributed by atoms with Crippen molar-refractivity contribution >= 4 is 23.0 Å². The Balaban J connectivity index is 1.58. The number of benzene rings is 2. The number of rotatable bonds is 5. The van der Waals surface area contributed by atoms with Crippen molar-refractivity contribution in [3.8, 4) is 0 Å². The maximum absolute atomic E-state index is 11.7. The molecule has 146 valence electrons. The smallest absolute Gasteiger partial charge is 0.298 e. The third kappa shape index (κ3) is 3.60. The quantitative estimate of drug-likeness (QED) is 0.737. The van der Waals surface area contributed by atoms with Gasteiger partial charge in [-0.25, -0.2) is 0 Å².